The van der Waals surface area contributed by atoms with E-state index in [1.165, 1.54) is 18.5 Å². The molecule has 0 unspecified atom stereocenters. The van der Waals surface area contributed by atoms with E-state index in [1.54, 1.807) is 16.7 Å². The summed E-state index contributed by atoms with van der Waals surface area (Å²) in [6.45, 7) is 5.54. The van der Waals surface area contributed by atoms with Crippen LogP contribution in [0.15, 0.2) is 54.6 Å². The molecule has 5 rings (SSSR count). The first kappa shape index (κ1) is 27.3. The van der Waals surface area contributed by atoms with Crippen molar-refractivity contribution in [3.63, 3.8) is 0 Å². The third-order valence-electron chi connectivity index (χ3n) is 7.21. The Bertz CT molecular complexity index is 1360. The van der Waals surface area contributed by atoms with Crippen LogP contribution >= 0.6 is 0 Å². The van der Waals surface area contributed by atoms with Crippen LogP contribution in [0.4, 0.5) is 33.3 Å². The second-order valence-electron chi connectivity index (χ2n) is 9.78. The lowest BCUT2D eigenvalue weighted by molar-refractivity contribution is -0.455. The molecule has 0 bridgehead atoms. The molecule has 0 N–H and O–H groups in total. The lowest BCUT2D eigenvalue weighted by Gasteiger charge is -2.17. The number of fused-ring (bicyclic) bond motifs is 1. The van der Waals surface area contributed by atoms with E-state index >= 15 is 0 Å². The highest BCUT2D eigenvalue weighted by atomic mass is 127. The van der Waals surface area contributed by atoms with Crippen LogP contribution in [0.3, 0.4) is 0 Å². The normalized spacial score (nSPS) is 16.5. The van der Waals surface area contributed by atoms with Gasteiger partial charge in [0.2, 0.25) is 11.5 Å². The van der Waals surface area contributed by atoms with E-state index in [1.807, 2.05) is 50.3 Å². The van der Waals surface area contributed by atoms with Gasteiger partial charge in [0.25, 0.3) is 0 Å². The number of hydrogen-bond donors (Lipinski definition) is 0. The Morgan fingerprint density at radius 2 is 1.35 bits per heavy atom. The molecule has 3 aromatic carbocycles. The molecule has 0 aliphatic carbocycles. The smallest absolute Gasteiger partial charge is 0.210 e. The van der Waals surface area contributed by atoms with E-state index < -0.39 is 46.6 Å². The number of hydrogen-bond acceptors (Lipinski definition) is 1. The van der Waals surface area contributed by atoms with Gasteiger partial charge in [0, 0.05) is 36.5 Å². The highest BCUT2D eigenvalue weighted by Gasteiger charge is 2.45. The maximum absolute atomic E-state index is 14.6. The molecule has 194 valence electrons. The predicted molar refractivity (Wildman–Crippen MR) is 131 cm³/mol. The van der Waals surface area contributed by atoms with E-state index in [0.717, 1.165) is 24.2 Å². The van der Waals surface area contributed by atoms with E-state index in [2.05, 4.69) is 17.0 Å². The Morgan fingerprint density at radius 1 is 0.784 bits per heavy atom. The van der Waals surface area contributed by atoms with Gasteiger partial charge in [-0.3, -0.25) is 0 Å². The highest BCUT2D eigenvalue weighted by molar-refractivity contribution is 6.05. The van der Waals surface area contributed by atoms with Crippen molar-refractivity contribution in [2.45, 2.75) is 38.6 Å². The molecule has 2 aliphatic rings. The van der Waals surface area contributed by atoms with E-state index in [9.17, 15) is 22.0 Å². The van der Waals surface area contributed by atoms with Crippen LogP contribution in [-0.4, -0.2) is 23.4 Å². The predicted octanol–water partition coefficient (Wildman–Crippen LogP) is 4.28. The first-order valence-corrected chi connectivity index (χ1v) is 12.0. The van der Waals surface area contributed by atoms with Crippen molar-refractivity contribution >= 4 is 23.2 Å². The van der Waals surface area contributed by atoms with Crippen molar-refractivity contribution in [3.8, 4) is 0 Å². The van der Waals surface area contributed by atoms with E-state index in [4.69, 9.17) is 0 Å². The van der Waals surface area contributed by atoms with E-state index in [0.29, 0.717) is 11.4 Å². The van der Waals surface area contributed by atoms with Gasteiger partial charge in [-0.2, -0.15) is 4.58 Å². The van der Waals surface area contributed by atoms with Crippen LogP contribution in [0.5, 0.6) is 0 Å². The Hall–Kier alpha value is -2.75. The van der Waals surface area contributed by atoms with Crippen molar-refractivity contribution in [1.29, 1.82) is 0 Å². The minimum atomic E-state index is -2.16. The van der Waals surface area contributed by atoms with E-state index in [-0.39, 0.29) is 24.0 Å². The number of allylic oxidation sites excluding steroid dienone is 1. The summed E-state index contributed by atoms with van der Waals surface area (Å²) < 4.78 is 72.3. The molecule has 0 atom stereocenters. The van der Waals surface area contributed by atoms with Crippen LogP contribution in [0.2, 0.25) is 0 Å². The summed E-state index contributed by atoms with van der Waals surface area (Å²) >= 11 is 0. The second kappa shape index (κ2) is 10.6. The van der Waals surface area contributed by atoms with Crippen molar-refractivity contribution in [2.75, 3.05) is 18.0 Å². The standard InChI is InChI=1S/C29H26F5N2.HI/c1-29(2)21-7-3-4-8-22(21)36(17-20-24(30)26(32)28(34)27(33)25(20)31)23(29)14-11-18-9-12-19(13-10-18)35-15-5-6-16-35;/h3-4,7-14H,5-6,15-17H2,1-2H3;1H/q+1;/p-1. The van der Waals surface area contributed by atoms with Crippen LogP contribution in [0, 0.1) is 29.1 Å². The largest absolute Gasteiger partial charge is 1.00 e. The van der Waals surface area contributed by atoms with Gasteiger partial charge in [-0.25, -0.2) is 22.0 Å². The zero-order valence-electron chi connectivity index (χ0n) is 20.5. The molecule has 2 nitrogen and oxygen atoms in total. The summed E-state index contributed by atoms with van der Waals surface area (Å²) in [5, 5.41) is 0. The number of anilines is 1. The van der Waals surface area contributed by atoms with Crippen molar-refractivity contribution in [2.24, 2.45) is 0 Å². The number of benzene rings is 3. The quantitative estimate of drug-likeness (QED) is 0.135. The molecule has 8 heteroatoms. The van der Waals surface area contributed by atoms with Gasteiger partial charge in [-0.15, -0.1) is 0 Å². The fraction of sp³-hybridized carbons (Fsp3) is 0.276. The summed E-state index contributed by atoms with van der Waals surface area (Å²) in [7, 11) is 0. The molecular formula is C29H26F5IN2. The molecule has 0 aromatic heterocycles. The molecule has 2 heterocycles. The molecular weight excluding hydrogens is 598 g/mol. The minimum absolute atomic E-state index is 0. The summed E-state index contributed by atoms with van der Waals surface area (Å²) in [5.74, 6) is -9.65. The summed E-state index contributed by atoms with van der Waals surface area (Å²) in [5.41, 5.74) is 2.93. The van der Waals surface area contributed by atoms with Crippen molar-refractivity contribution in [1.82, 2.24) is 0 Å². The van der Waals surface area contributed by atoms with Gasteiger partial charge in [0.05, 0.1) is 11.0 Å². The average Bonchev–Trinajstić information content (AvgIpc) is 3.49. The Kier molecular flexibility index (Phi) is 7.78. The maximum Gasteiger partial charge on any atom is 0.210 e. The number of nitrogens with zero attached hydrogens (tertiary/aromatic N) is 2. The highest BCUT2D eigenvalue weighted by Crippen LogP contribution is 2.41. The number of rotatable bonds is 5. The molecule has 3 aromatic rings. The van der Waals surface area contributed by atoms with Gasteiger partial charge in [0.15, 0.2) is 35.5 Å². The minimum Gasteiger partial charge on any atom is -1.00 e. The zero-order chi connectivity index (χ0) is 25.6. The molecule has 37 heavy (non-hydrogen) atoms. The fourth-order valence-corrected chi connectivity index (χ4v) is 5.21. The lowest BCUT2D eigenvalue weighted by Crippen LogP contribution is -3.00. The van der Waals surface area contributed by atoms with Gasteiger partial charge in [0.1, 0.15) is 0 Å². The van der Waals surface area contributed by atoms with Gasteiger partial charge in [-0.1, -0.05) is 30.3 Å². The summed E-state index contributed by atoms with van der Waals surface area (Å²) in [6.07, 6.45) is 6.14. The first-order chi connectivity index (χ1) is 17.2. The Morgan fingerprint density at radius 3 is 1.97 bits per heavy atom. The van der Waals surface area contributed by atoms with Gasteiger partial charge >= 0.3 is 0 Å². The van der Waals surface area contributed by atoms with Gasteiger partial charge < -0.3 is 28.9 Å². The summed E-state index contributed by atoms with van der Waals surface area (Å²) in [6, 6.07) is 15.5. The monoisotopic (exact) mass is 624 g/mol. The molecule has 0 amide bonds. The van der Waals surface area contributed by atoms with Crippen molar-refractivity contribution in [3.05, 3.63) is 100 Å². The third-order valence-corrected chi connectivity index (χ3v) is 7.21. The topological polar surface area (TPSA) is 6.25 Å². The zero-order valence-corrected chi connectivity index (χ0v) is 22.6. The number of para-hydroxylation sites is 1. The molecule has 0 saturated carbocycles. The molecule has 0 radical (unpaired) electrons. The molecule has 1 saturated heterocycles. The van der Waals surface area contributed by atoms with Crippen LogP contribution in [-0.2, 0) is 12.0 Å². The Balaban J connectivity index is 0.00000320. The first-order valence-electron chi connectivity index (χ1n) is 12.0. The Labute approximate surface area is 230 Å². The third kappa shape index (κ3) is 4.80. The van der Waals surface area contributed by atoms with Crippen LogP contribution in [0.1, 0.15) is 43.4 Å². The molecule has 1 fully saturated rings. The molecule has 2 aliphatic heterocycles. The fourth-order valence-electron chi connectivity index (χ4n) is 5.21. The second-order valence-corrected chi connectivity index (χ2v) is 9.78. The van der Waals surface area contributed by atoms with Crippen molar-refractivity contribution < 1.29 is 50.5 Å². The summed E-state index contributed by atoms with van der Waals surface area (Å²) in [4.78, 5) is 2.34. The maximum atomic E-state index is 14.6. The number of halogens is 6. The van der Waals surface area contributed by atoms with Crippen LogP contribution in [0.25, 0.3) is 6.08 Å². The average molecular weight is 624 g/mol. The van der Waals surface area contributed by atoms with Crippen LogP contribution < -0.4 is 28.9 Å². The SMILES string of the molecule is CC1(C)C(/C=C/c2ccc(N3CCCC3)cc2)=[N+](Cc2c(F)c(F)c(F)c(F)c2F)c2ccccc21.[I-]. The molecule has 0 spiro atoms. The van der Waals surface area contributed by atoms with Gasteiger partial charge in [-0.05, 0) is 50.5 Å². The lowest BCUT2D eigenvalue weighted by atomic mass is 9.81.